The average Bonchev–Trinajstić information content (AvgIpc) is 2.39. The number of aryl methyl sites for hydroxylation is 1. The highest BCUT2D eigenvalue weighted by Gasteiger charge is 2.09. The predicted octanol–water partition coefficient (Wildman–Crippen LogP) is 2.16. The molecule has 18 heavy (non-hydrogen) atoms. The van der Waals surface area contributed by atoms with Gasteiger partial charge in [0.05, 0.1) is 12.8 Å². The number of nitrogens with two attached hydrogens (primary N) is 1. The van der Waals surface area contributed by atoms with Crippen LogP contribution in [0, 0.1) is 6.92 Å². The van der Waals surface area contributed by atoms with Crippen molar-refractivity contribution in [3.63, 3.8) is 0 Å². The number of carbonyl (C=O) groups is 1. The number of nitrogens with zero attached hydrogens (tertiary/aromatic N) is 1. The van der Waals surface area contributed by atoms with E-state index in [9.17, 15) is 4.79 Å². The van der Waals surface area contributed by atoms with Crippen LogP contribution < -0.4 is 10.5 Å². The minimum absolute atomic E-state index is 0.246. The van der Waals surface area contributed by atoms with Crippen molar-refractivity contribution in [2.75, 3.05) is 7.11 Å². The average molecular weight is 242 g/mol. The van der Waals surface area contributed by atoms with Crippen LogP contribution in [0.25, 0.3) is 11.3 Å². The third-order valence-corrected chi connectivity index (χ3v) is 2.63. The molecular weight excluding hydrogens is 228 g/mol. The topological polar surface area (TPSA) is 65.2 Å². The molecule has 0 spiro atoms. The third kappa shape index (κ3) is 2.32. The molecule has 0 unspecified atom stereocenters. The van der Waals surface area contributed by atoms with Gasteiger partial charge in [0.15, 0.2) is 0 Å². The summed E-state index contributed by atoms with van der Waals surface area (Å²) in [6, 6.07) is 11.0. The van der Waals surface area contributed by atoms with E-state index >= 15 is 0 Å². The molecule has 2 rings (SSSR count). The van der Waals surface area contributed by atoms with E-state index in [1.807, 2.05) is 31.2 Å². The molecule has 0 bridgehead atoms. The maximum absolute atomic E-state index is 11.1. The summed E-state index contributed by atoms with van der Waals surface area (Å²) in [6.45, 7) is 1.99. The molecule has 0 aliphatic carbocycles. The Morgan fingerprint density at radius 3 is 2.72 bits per heavy atom. The lowest BCUT2D eigenvalue weighted by atomic mass is 10.1. The first-order valence-corrected chi connectivity index (χ1v) is 5.53. The van der Waals surface area contributed by atoms with Crippen LogP contribution in [0.3, 0.4) is 0 Å². The Morgan fingerprint density at radius 1 is 1.28 bits per heavy atom. The maximum atomic E-state index is 11.1. The van der Waals surface area contributed by atoms with Gasteiger partial charge < -0.3 is 10.5 Å². The number of hydrogen-bond acceptors (Lipinski definition) is 3. The Labute approximate surface area is 105 Å². The van der Waals surface area contributed by atoms with Crippen LogP contribution in [0.4, 0.5) is 0 Å². The van der Waals surface area contributed by atoms with Crippen molar-refractivity contribution in [1.82, 2.24) is 4.98 Å². The molecule has 92 valence electrons. The summed E-state index contributed by atoms with van der Waals surface area (Å²) in [5.74, 6) is 0.179. The van der Waals surface area contributed by atoms with Crippen molar-refractivity contribution in [1.29, 1.82) is 0 Å². The van der Waals surface area contributed by atoms with Gasteiger partial charge in [-0.1, -0.05) is 17.7 Å². The van der Waals surface area contributed by atoms with Crippen LogP contribution in [-0.4, -0.2) is 18.0 Å². The summed E-state index contributed by atoms with van der Waals surface area (Å²) in [5.41, 5.74) is 8.09. The molecule has 4 heteroatoms. The second-order valence-corrected chi connectivity index (χ2v) is 3.98. The van der Waals surface area contributed by atoms with Crippen molar-refractivity contribution >= 4 is 5.91 Å². The molecule has 0 radical (unpaired) electrons. The Kier molecular flexibility index (Phi) is 3.28. The van der Waals surface area contributed by atoms with E-state index in [-0.39, 0.29) is 5.69 Å². The van der Waals surface area contributed by atoms with Crippen molar-refractivity contribution in [2.24, 2.45) is 5.73 Å². The first kappa shape index (κ1) is 12.1. The number of rotatable bonds is 3. The molecule has 0 aliphatic heterocycles. The van der Waals surface area contributed by atoms with E-state index in [4.69, 9.17) is 10.5 Å². The predicted molar refractivity (Wildman–Crippen MR) is 69.5 cm³/mol. The quantitative estimate of drug-likeness (QED) is 0.897. The lowest BCUT2D eigenvalue weighted by molar-refractivity contribution is 0.0995. The molecule has 1 amide bonds. The molecule has 1 aromatic heterocycles. The second kappa shape index (κ2) is 4.87. The smallest absolute Gasteiger partial charge is 0.267 e. The fourth-order valence-corrected chi connectivity index (χ4v) is 1.74. The highest BCUT2D eigenvalue weighted by Crippen LogP contribution is 2.29. The summed E-state index contributed by atoms with van der Waals surface area (Å²) in [4.78, 5) is 15.4. The highest BCUT2D eigenvalue weighted by atomic mass is 16.5. The number of benzene rings is 1. The minimum Gasteiger partial charge on any atom is -0.496 e. The number of ether oxygens (including phenoxy) is 1. The van der Waals surface area contributed by atoms with Gasteiger partial charge in [-0.3, -0.25) is 4.79 Å². The monoisotopic (exact) mass is 242 g/mol. The summed E-state index contributed by atoms with van der Waals surface area (Å²) in [6.07, 6.45) is 0. The first-order valence-electron chi connectivity index (χ1n) is 5.53. The molecule has 4 nitrogen and oxygen atoms in total. The van der Waals surface area contributed by atoms with Crippen LogP contribution in [0.15, 0.2) is 36.4 Å². The van der Waals surface area contributed by atoms with Gasteiger partial charge in [-0.05, 0) is 31.2 Å². The molecular formula is C14H14N2O2. The lowest BCUT2D eigenvalue weighted by Crippen LogP contribution is -2.13. The second-order valence-electron chi connectivity index (χ2n) is 3.98. The van der Waals surface area contributed by atoms with Crippen LogP contribution in [0.1, 0.15) is 16.1 Å². The van der Waals surface area contributed by atoms with Crippen molar-refractivity contribution in [3.8, 4) is 17.0 Å². The Morgan fingerprint density at radius 2 is 2.06 bits per heavy atom. The normalized spacial score (nSPS) is 10.1. The van der Waals surface area contributed by atoms with Crippen molar-refractivity contribution in [3.05, 3.63) is 47.7 Å². The van der Waals surface area contributed by atoms with E-state index in [2.05, 4.69) is 4.98 Å². The summed E-state index contributed by atoms with van der Waals surface area (Å²) >= 11 is 0. The summed E-state index contributed by atoms with van der Waals surface area (Å²) in [7, 11) is 1.60. The molecule has 1 aromatic carbocycles. The maximum Gasteiger partial charge on any atom is 0.267 e. The number of primary amides is 1. The zero-order chi connectivity index (χ0) is 13.1. The Balaban J connectivity index is 2.57. The zero-order valence-corrected chi connectivity index (χ0v) is 10.3. The van der Waals surface area contributed by atoms with E-state index < -0.39 is 5.91 Å². The van der Waals surface area contributed by atoms with E-state index in [0.29, 0.717) is 5.69 Å². The zero-order valence-electron chi connectivity index (χ0n) is 10.3. The molecule has 0 atom stereocenters. The Hall–Kier alpha value is -2.36. The third-order valence-electron chi connectivity index (χ3n) is 2.63. The molecule has 0 saturated carbocycles. The SMILES string of the molecule is COc1ccc(C)cc1-c1cccc(C(N)=O)n1. The molecule has 0 fully saturated rings. The largest absolute Gasteiger partial charge is 0.496 e. The van der Waals surface area contributed by atoms with Crippen LogP contribution in [0.2, 0.25) is 0 Å². The van der Waals surface area contributed by atoms with Gasteiger partial charge in [-0.15, -0.1) is 0 Å². The van der Waals surface area contributed by atoms with Gasteiger partial charge >= 0.3 is 0 Å². The van der Waals surface area contributed by atoms with Gasteiger partial charge in [0.25, 0.3) is 5.91 Å². The highest BCUT2D eigenvalue weighted by molar-refractivity contribution is 5.91. The first-order chi connectivity index (χ1) is 8.61. The van der Waals surface area contributed by atoms with Gasteiger partial charge in [0.2, 0.25) is 0 Å². The van der Waals surface area contributed by atoms with Crippen molar-refractivity contribution < 1.29 is 9.53 Å². The number of amides is 1. The molecule has 1 heterocycles. The summed E-state index contributed by atoms with van der Waals surface area (Å²) < 4.78 is 5.30. The van der Waals surface area contributed by atoms with Gasteiger partial charge in [0, 0.05) is 5.56 Å². The van der Waals surface area contributed by atoms with Crippen LogP contribution in [-0.2, 0) is 0 Å². The molecule has 2 N–H and O–H groups in total. The molecule has 0 saturated heterocycles. The number of methoxy groups -OCH3 is 1. The number of pyridine rings is 1. The molecule has 2 aromatic rings. The number of hydrogen-bond donors (Lipinski definition) is 1. The van der Waals surface area contributed by atoms with E-state index in [1.54, 1.807) is 19.2 Å². The van der Waals surface area contributed by atoms with Gasteiger partial charge in [-0.25, -0.2) is 4.98 Å². The van der Waals surface area contributed by atoms with Crippen LogP contribution >= 0.6 is 0 Å². The minimum atomic E-state index is -0.538. The molecule has 0 aliphatic rings. The fraction of sp³-hybridized carbons (Fsp3) is 0.143. The van der Waals surface area contributed by atoms with E-state index in [1.165, 1.54) is 0 Å². The van der Waals surface area contributed by atoms with Crippen molar-refractivity contribution in [2.45, 2.75) is 6.92 Å². The fourth-order valence-electron chi connectivity index (χ4n) is 1.74. The van der Waals surface area contributed by atoms with Gasteiger partial charge in [0.1, 0.15) is 11.4 Å². The standard InChI is InChI=1S/C14H14N2O2/c1-9-6-7-13(18-2)10(8-9)11-4-3-5-12(16-11)14(15)17/h3-8H,1-2H3,(H2,15,17). The number of carbonyl (C=O) groups excluding carboxylic acids is 1. The Bertz CT molecular complexity index is 594. The number of aromatic nitrogens is 1. The van der Waals surface area contributed by atoms with Crippen LogP contribution in [0.5, 0.6) is 5.75 Å². The summed E-state index contributed by atoms with van der Waals surface area (Å²) in [5, 5.41) is 0. The van der Waals surface area contributed by atoms with Gasteiger partial charge in [-0.2, -0.15) is 0 Å². The lowest BCUT2D eigenvalue weighted by Gasteiger charge is -2.09. The van der Waals surface area contributed by atoms with E-state index in [0.717, 1.165) is 16.9 Å².